The van der Waals surface area contributed by atoms with Crippen LogP contribution in [0.5, 0.6) is 5.75 Å². The number of hydrogen-bond acceptors (Lipinski definition) is 4. The van der Waals surface area contributed by atoms with Crippen LogP contribution < -0.4 is 10.1 Å². The summed E-state index contributed by atoms with van der Waals surface area (Å²) in [4.78, 5) is 12.2. The Bertz CT molecular complexity index is 1070. The second-order valence-corrected chi connectivity index (χ2v) is 9.49. The van der Waals surface area contributed by atoms with Gasteiger partial charge in [-0.2, -0.15) is 17.5 Å². The number of carbonyl (C=O) groups excluding carboxylic acids is 1. The number of nitrogens with one attached hydrogen (secondary N) is 1. The molecule has 0 saturated heterocycles. The van der Waals surface area contributed by atoms with Crippen LogP contribution in [0.2, 0.25) is 5.02 Å². The van der Waals surface area contributed by atoms with Crippen molar-refractivity contribution in [3.63, 3.8) is 0 Å². The smallest absolute Gasteiger partial charge is 0.417 e. The number of benzene rings is 2. The summed E-state index contributed by atoms with van der Waals surface area (Å²) in [6.07, 6.45) is -4.70. The number of anilines is 1. The Kier molecular flexibility index (Phi) is 7.61. The molecule has 11 heteroatoms. The van der Waals surface area contributed by atoms with Crippen molar-refractivity contribution in [1.29, 1.82) is 0 Å². The first-order valence-electron chi connectivity index (χ1n) is 9.08. The minimum Gasteiger partial charge on any atom is -0.495 e. The van der Waals surface area contributed by atoms with Crippen LogP contribution in [0.3, 0.4) is 0 Å². The third-order valence-corrected chi connectivity index (χ3v) is 6.62. The number of methoxy groups -OCH3 is 1. The molecule has 2 aromatic rings. The van der Waals surface area contributed by atoms with Gasteiger partial charge in [-0.05, 0) is 41.8 Å². The fraction of sp³-hybridized carbons (Fsp3) is 0.350. The van der Waals surface area contributed by atoms with Gasteiger partial charge in [-0.1, -0.05) is 31.5 Å². The molecular formula is C20H22ClF3N2O4S. The van der Waals surface area contributed by atoms with Gasteiger partial charge in [0.25, 0.3) is 0 Å². The SMILES string of the molecule is COc1ccc(C(C)C)cc1S(=O)(=O)N(C)CC(=O)Nc1ccc(Cl)c(C(F)(F)F)c1. The Morgan fingerprint density at radius 2 is 1.84 bits per heavy atom. The van der Waals surface area contributed by atoms with Gasteiger partial charge in [-0.25, -0.2) is 8.42 Å². The molecule has 1 N–H and O–H groups in total. The van der Waals surface area contributed by atoms with E-state index < -0.39 is 39.2 Å². The first-order chi connectivity index (χ1) is 14.3. The van der Waals surface area contributed by atoms with E-state index in [1.807, 2.05) is 13.8 Å². The third kappa shape index (κ3) is 5.90. The molecule has 0 aromatic heterocycles. The van der Waals surface area contributed by atoms with Crippen LogP contribution in [-0.4, -0.2) is 39.3 Å². The molecule has 0 bridgehead atoms. The van der Waals surface area contributed by atoms with Crippen LogP contribution >= 0.6 is 11.6 Å². The zero-order valence-electron chi connectivity index (χ0n) is 17.2. The molecule has 0 spiro atoms. The quantitative estimate of drug-likeness (QED) is 0.623. The largest absolute Gasteiger partial charge is 0.495 e. The zero-order chi connectivity index (χ0) is 23.6. The molecule has 2 aromatic carbocycles. The van der Waals surface area contributed by atoms with E-state index in [1.54, 1.807) is 6.07 Å². The summed E-state index contributed by atoms with van der Waals surface area (Å²) in [5.74, 6) is -0.647. The molecule has 2 rings (SSSR count). The Balaban J connectivity index is 2.24. The summed E-state index contributed by atoms with van der Waals surface area (Å²) in [5, 5.41) is 1.75. The van der Waals surface area contributed by atoms with Gasteiger partial charge in [-0.15, -0.1) is 0 Å². The van der Waals surface area contributed by atoms with E-state index in [9.17, 15) is 26.4 Å². The lowest BCUT2D eigenvalue weighted by Crippen LogP contribution is -2.35. The highest BCUT2D eigenvalue weighted by atomic mass is 35.5. The molecule has 0 atom stereocenters. The van der Waals surface area contributed by atoms with Crippen molar-refractivity contribution in [2.75, 3.05) is 26.0 Å². The van der Waals surface area contributed by atoms with Gasteiger partial charge in [0.15, 0.2) is 0 Å². The molecule has 6 nitrogen and oxygen atoms in total. The maximum atomic E-state index is 13.0. The van der Waals surface area contributed by atoms with Gasteiger partial charge in [0.1, 0.15) is 10.6 Å². The van der Waals surface area contributed by atoms with Gasteiger partial charge in [0.2, 0.25) is 15.9 Å². The number of hydrogen-bond donors (Lipinski definition) is 1. The Hall–Kier alpha value is -2.30. The van der Waals surface area contributed by atoms with Gasteiger partial charge < -0.3 is 10.1 Å². The maximum absolute atomic E-state index is 13.0. The van der Waals surface area contributed by atoms with E-state index in [1.165, 1.54) is 32.4 Å². The molecular weight excluding hydrogens is 457 g/mol. The van der Waals surface area contributed by atoms with Crippen molar-refractivity contribution >= 4 is 33.2 Å². The van der Waals surface area contributed by atoms with E-state index in [0.29, 0.717) is 6.07 Å². The van der Waals surface area contributed by atoms with Crippen molar-refractivity contribution in [1.82, 2.24) is 4.31 Å². The highest BCUT2D eigenvalue weighted by Gasteiger charge is 2.33. The van der Waals surface area contributed by atoms with E-state index in [2.05, 4.69) is 5.32 Å². The number of halogens is 4. The topological polar surface area (TPSA) is 75.7 Å². The summed E-state index contributed by atoms with van der Waals surface area (Å²) in [6, 6.07) is 7.63. The predicted molar refractivity (Wildman–Crippen MR) is 112 cm³/mol. The number of likely N-dealkylation sites (N-methyl/N-ethyl adjacent to an activating group) is 1. The Morgan fingerprint density at radius 3 is 2.39 bits per heavy atom. The summed E-state index contributed by atoms with van der Waals surface area (Å²) in [6.45, 7) is 3.18. The summed E-state index contributed by atoms with van der Waals surface area (Å²) in [5.41, 5.74) is -0.506. The second-order valence-electron chi connectivity index (χ2n) is 7.07. The molecule has 170 valence electrons. The number of nitrogens with zero attached hydrogens (tertiary/aromatic N) is 1. The number of alkyl halides is 3. The molecule has 0 unspecified atom stereocenters. The van der Waals surface area contributed by atoms with Gasteiger partial charge in [-0.3, -0.25) is 4.79 Å². The van der Waals surface area contributed by atoms with Crippen LogP contribution in [0.15, 0.2) is 41.3 Å². The number of carbonyl (C=O) groups is 1. The molecule has 1 amide bonds. The first kappa shape index (κ1) is 25.0. The Morgan fingerprint density at radius 1 is 1.19 bits per heavy atom. The van der Waals surface area contributed by atoms with Gasteiger partial charge >= 0.3 is 6.18 Å². The van der Waals surface area contributed by atoms with Crippen LogP contribution in [-0.2, 0) is 21.0 Å². The van der Waals surface area contributed by atoms with E-state index in [-0.39, 0.29) is 22.3 Å². The molecule has 0 aliphatic rings. The standard InChI is InChI=1S/C20H22ClF3N2O4S/c1-12(2)13-5-8-17(30-4)18(9-13)31(28,29)26(3)11-19(27)25-14-6-7-16(21)15(10-14)20(22,23)24/h5-10,12H,11H2,1-4H3,(H,25,27). The fourth-order valence-corrected chi connectivity index (χ4v) is 4.27. The number of rotatable bonds is 7. The number of ether oxygens (including phenoxy) is 1. The van der Waals surface area contributed by atoms with E-state index in [0.717, 1.165) is 15.9 Å². The molecule has 0 fully saturated rings. The molecule has 0 aliphatic carbocycles. The lowest BCUT2D eigenvalue weighted by Gasteiger charge is -2.20. The molecule has 0 radical (unpaired) electrons. The Labute approximate surface area is 184 Å². The number of sulfonamides is 1. The van der Waals surface area contributed by atoms with Crippen LogP contribution in [0.4, 0.5) is 18.9 Å². The third-order valence-electron chi connectivity index (χ3n) is 4.46. The van der Waals surface area contributed by atoms with E-state index >= 15 is 0 Å². The lowest BCUT2D eigenvalue weighted by atomic mass is 10.0. The highest BCUT2D eigenvalue weighted by molar-refractivity contribution is 7.89. The fourth-order valence-electron chi connectivity index (χ4n) is 2.73. The van der Waals surface area contributed by atoms with Crippen LogP contribution in [0, 0.1) is 0 Å². The second kappa shape index (κ2) is 9.46. The normalized spacial score (nSPS) is 12.3. The minimum atomic E-state index is -4.70. The molecule has 0 aliphatic heterocycles. The summed E-state index contributed by atoms with van der Waals surface area (Å²) in [7, 11) is -1.59. The summed E-state index contributed by atoms with van der Waals surface area (Å²) >= 11 is 5.56. The van der Waals surface area contributed by atoms with Crippen molar-refractivity contribution in [2.24, 2.45) is 0 Å². The molecule has 0 heterocycles. The molecule has 0 saturated carbocycles. The number of amides is 1. The van der Waals surface area contributed by atoms with Crippen LogP contribution in [0.1, 0.15) is 30.9 Å². The van der Waals surface area contributed by atoms with Gasteiger partial charge in [0.05, 0.1) is 24.2 Å². The van der Waals surface area contributed by atoms with Crippen molar-refractivity contribution in [2.45, 2.75) is 30.8 Å². The zero-order valence-corrected chi connectivity index (χ0v) is 18.8. The monoisotopic (exact) mass is 478 g/mol. The average Bonchev–Trinajstić information content (AvgIpc) is 2.67. The van der Waals surface area contributed by atoms with E-state index in [4.69, 9.17) is 16.3 Å². The minimum absolute atomic E-state index is 0.0567. The summed E-state index contributed by atoms with van der Waals surface area (Å²) < 4.78 is 70.9. The highest BCUT2D eigenvalue weighted by Crippen LogP contribution is 2.36. The predicted octanol–water partition coefficient (Wildman–Crippen LogP) is 4.75. The van der Waals surface area contributed by atoms with Crippen molar-refractivity contribution in [3.05, 3.63) is 52.5 Å². The average molecular weight is 479 g/mol. The lowest BCUT2D eigenvalue weighted by molar-refractivity contribution is -0.137. The molecule has 31 heavy (non-hydrogen) atoms. The van der Waals surface area contributed by atoms with Crippen LogP contribution in [0.25, 0.3) is 0 Å². The first-order valence-corrected chi connectivity index (χ1v) is 10.9. The maximum Gasteiger partial charge on any atom is 0.417 e. The van der Waals surface area contributed by atoms with Crippen molar-refractivity contribution < 1.29 is 31.1 Å². The van der Waals surface area contributed by atoms with Gasteiger partial charge in [0, 0.05) is 12.7 Å². The van der Waals surface area contributed by atoms with Crippen molar-refractivity contribution in [3.8, 4) is 5.75 Å².